The number of nitrogens with one attached hydrogen (secondary N) is 1. The fourth-order valence-corrected chi connectivity index (χ4v) is 3.08. The van der Waals surface area contributed by atoms with Crippen LogP contribution in [0.3, 0.4) is 0 Å². The van der Waals surface area contributed by atoms with Crippen molar-refractivity contribution in [3.63, 3.8) is 0 Å². The molecule has 96 valence electrons. The standard InChI is InChI=1S/C12H6Cl2N2O2S/c13-7-3-1-2-6-10(7)15-12(18)16(11(6)17)9-5-4-8(14)19-9/h1-5H,(H,15,18). The molecule has 4 nitrogen and oxygen atoms in total. The third-order valence-electron chi connectivity index (χ3n) is 2.66. The van der Waals surface area contributed by atoms with Crippen molar-refractivity contribution in [3.8, 4) is 5.00 Å². The number of para-hydroxylation sites is 1. The number of halogens is 2. The summed E-state index contributed by atoms with van der Waals surface area (Å²) in [7, 11) is 0. The van der Waals surface area contributed by atoms with Crippen molar-refractivity contribution < 1.29 is 0 Å². The van der Waals surface area contributed by atoms with Crippen molar-refractivity contribution in [2.24, 2.45) is 0 Å². The van der Waals surface area contributed by atoms with Crippen LogP contribution in [0.15, 0.2) is 39.9 Å². The summed E-state index contributed by atoms with van der Waals surface area (Å²) in [4.78, 5) is 27.0. The van der Waals surface area contributed by atoms with Crippen LogP contribution in [0.2, 0.25) is 9.36 Å². The van der Waals surface area contributed by atoms with Gasteiger partial charge in [-0.3, -0.25) is 4.79 Å². The van der Waals surface area contributed by atoms with Gasteiger partial charge in [0.25, 0.3) is 5.56 Å². The second-order valence-corrected chi connectivity index (χ2v) is 5.91. The zero-order chi connectivity index (χ0) is 13.6. The topological polar surface area (TPSA) is 54.9 Å². The minimum Gasteiger partial charge on any atom is -0.305 e. The van der Waals surface area contributed by atoms with E-state index in [4.69, 9.17) is 23.2 Å². The number of fused-ring (bicyclic) bond motifs is 1. The van der Waals surface area contributed by atoms with Crippen LogP contribution in [-0.2, 0) is 0 Å². The Morgan fingerprint density at radius 2 is 1.89 bits per heavy atom. The first-order valence-electron chi connectivity index (χ1n) is 5.27. The van der Waals surface area contributed by atoms with E-state index in [0.29, 0.717) is 25.3 Å². The third-order valence-corrected chi connectivity index (χ3v) is 4.19. The van der Waals surface area contributed by atoms with Gasteiger partial charge in [0, 0.05) is 0 Å². The molecule has 0 saturated carbocycles. The van der Waals surface area contributed by atoms with Crippen molar-refractivity contribution in [1.82, 2.24) is 9.55 Å². The van der Waals surface area contributed by atoms with Crippen LogP contribution in [0, 0.1) is 0 Å². The van der Waals surface area contributed by atoms with E-state index in [0.717, 1.165) is 15.9 Å². The summed E-state index contributed by atoms with van der Waals surface area (Å²) >= 11 is 13.0. The van der Waals surface area contributed by atoms with Crippen molar-refractivity contribution in [2.45, 2.75) is 0 Å². The lowest BCUT2D eigenvalue weighted by atomic mass is 10.2. The molecule has 2 aromatic heterocycles. The first kappa shape index (κ1) is 12.5. The molecule has 0 radical (unpaired) electrons. The molecule has 3 rings (SSSR count). The quantitative estimate of drug-likeness (QED) is 0.751. The number of aromatic nitrogens is 2. The van der Waals surface area contributed by atoms with E-state index in [1.54, 1.807) is 30.3 Å². The van der Waals surface area contributed by atoms with Gasteiger partial charge < -0.3 is 4.98 Å². The molecule has 0 fully saturated rings. The summed E-state index contributed by atoms with van der Waals surface area (Å²) in [5, 5.41) is 1.16. The lowest BCUT2D eigenvalue weighted by molar-refractivity contribution is 0.917. The smallest absolute Gasteiger partial charge is 0.305 e. The Hall–Kier alpha value is -1.56. The minimum atomic E-state index is -0.538. The van der Waals surface area contributed by atoms with Gasteiger partial charge in [0.05, 0.1) is 20.3 Å². The monoisotopic (exact) mass is 312 g/mol. The number of aromatic amines is 1. The van der Waals surface area contributed by atoms with E-state index in [1.165, 1.54) is 0 Å². The molecule has 0 spiro atoms. The zero-order valence-electron chi connectivity index (χ0n) is 9.31. The number of thiophene rings is 1. The van der Waals surface area contributed by atoms with Crippen LogP contribution in [-0.4, -0.2) is 9.55 Å². The number of hydrogen-bond donors (Lipinski definition) is 1. The molecule has 0 aliphatic heterocycles. The van der Waals surface area contributed by atoms with E-state index in [1.807, 2.05) is 0 Å². The van der Waals surface area contributed by atoms with Crippen LogP contribution in [0.1, 0.15) is 0 Å². The Kier molecular flexibility index (Phi) is 2.97. The van der Waals surface area contributed by atoms with Crippen LogP contribution < -0.4 is 11.2 Å². The molecule has 1 aromatic carbocycles. The second kappa shape index (κ2) is 4.52. The summed E-state index contributed by atoms with van der Waals surface area (Å²) in [6.45, 7) is 0. The van der Waals surface area contributed by atoms with Crippen molar-refractivity contribution in [2.75, 3.05) is 0 Å². The van der Waals surface area contributed by atoms with Gasteiger partial charge in [0.15, 0.2) is 0 Å². The first-order valence-corrected chi connectivity index (χ1v) is 6.84. The zero-order valence-corrected chi connectivity index (χ0v) is 11.6. The van der Waals surface area contributed by atoms with Crippen LogP contribution in [0.25, 0.3) is 15.9 Å². The summed E-state index contributed by atoms with van der Waals surface area (Å²) in [5.41, 5.74) is -0.609. The lowest BCUT2D eigenvalue weighted by Gasteiger charge is -2.04. The van der Waals surface area contributed by atoms with Gasteiger partial charge in [0.2, 0.25) is 0 Å². The third kappa shape index (κ3) is 2.00. The largest absolute Gasteiger partial charge is 0.334 e. The van der Waals surface area contributed by atoms with Crippen LogP contribution in [0.4, 0.5) is 0 Å². The van der Waals surface area contributed by atoms with E-state index in [-0.39, 0.29) is 0 Å². The average Bonchev–Trinajstić information content (AvgIpc) is 2.77. The van der Waals surface area contributed by atoms with Crippen molar-refractivity contribution >= 4 is 45.4 Å². The van der Waals surface area contributed by atoms with Crippen LogP contribution in [0.5, 0.6) is 0 Å². The molecule has 0 aliphatic carbocycles. The maximum Gasteiger partial charge on any atom is 0.334 e. The fourth-order valence-electron chi connectivity index (χ4n) is 1.83. The number of rotatable bonds is 1. The highest BCUT2D eigenvalue weighted by Gasteiger charge is 2.12. The Labute approximate surface area is 120 Å². The molecule has 2 heterocycles. The van der Waals surface area contributed by atoms with Crippen LogP contribution >= 0.6 is 34.5 Å². The maximum atomic E-state index is 12.4. The molecule has 19 heavy (non-hydrogen) atoms. The maximum absolute atomic E-state index is 12.4. The Balaban J connectivity index is 2.45. The molecule has 1 N–H and O–H groups in total. The van der Waals surface area contributed by atoms with Gasteiger partial charge in [-0.1, -0.05) is 29.3 Å². The molecule has 0 atom stereocenters. The number of benzene rings is 1. The van der Waals surface area contributed by atoms with Gasteiger partial charge in [-0.2, -0.15) is 0 Å². The molecule has 0 amide bonds. The molecule has 0 saturated heterocycles. The number of nitrogens with zero attached hydrogens (tertiary/aromatic N) is 1. The summed E-state index contributed by atoms with van der Waals surface area (Å²) < 4.78 is 1.56. The van der Waals surface area contributed by atoms with Gasteiger partial charge in [0.1, 0.15) is 5.00 Å². The predicted octanol–water partition coefficient (Wildman–Crippen LogP) is 3.05. The normalized spacial score (nSPS) is 11.1. The molecule has 3 aromatic rings. The molecule has 0 unspecified atom stereocenters. The van der Waals surface area contributed by atoms with Gasteiger partial charge in [-0.25, -0.2) is 9.36 Å². The molecular weight excluding hydrogens is 307 g/mol. The SMILES string of the molecule is O=c1[nH]c2c(Cl)cccc2c(=O)n1-c1ccc(Cl)s1. The molecule has 7 heteroatoms. The van der Waals surface area contributed by atoms with Crippen molar-refractivity contribution in [3.05, 3.63) is 60.5 Å². The van der Waals surface area contributed by atoms with E-state index >= 15 is 0 Å². The lowest BCUT2D eigenvalue weighted by Crippen LogP contribution is -2.33. The highest BCUT2D eigenvalue weighted by atomic mass is 35.5. The molecule has 0 bridgehead atoms. The van der Waals surface area contributed by atoms with Gasteiger partial charge >= 0.3 is 5.69 Å². The summed E-state index contributed by atoms with van der Waals surface area (Å²) in [6.07, 6.45) is 0. The Morgan fingerprint density at radius 3 is 2.58 bits per heavy atom. The van der Waals surface area contributed by atoms with E-state index < -0.39 is 11.2 Å². The van der Waals surface area contributed by atoms with E-state index in [9.17, 15) is 9.59 Å². The van der Waals surface area contributed by atoms with Gasteiger partial charge in [-0.15, -0.1) is 11.3 Å². The predicted molar refractivity (Wildman–Crippen MR) is 78.1 cm³/mol. The van der Waals surface area contributed by atoms with Gasteiger partial charge in [-0.05, 0) is 24.3 Å². The van der Waals surface area contributed by atoms with Crippen molar-refractivity contribution in [1.29, 1.82) is 0 Å². The van der Waals surface area contributed by atoms with E-state index in [2.05, 4.69) is 4.98 Å². The number of hydrogen-bond acceptors (Lipinski definition) is 3. The highest BCUT2D eigenvalue weighted by molar-refractivity contribution is 7.18. The Bertz CT molecular complexity index is 895. The molecule has 0 aliphatic rings. The first-order chi connectivity index (χ1) is 9.08. The highest BCUT2D eigenvalue weighted by Crippen LogP contribution is 2.24. The second-order valence-electron chi connectivity index (χ2n) is 3.81. The number of H-pyrrole nitrogens is 1. The minimum absolute atomic E-state index is 0.336. The summed E-state index contributed by atoms with van der Waals surface area (Å²) in [6, 6.07) is 8.16. The average molecular weight is 313 g/mol. The molecular formula is C12H6Cl2N2O2S. The fraction of sp³-hybridized carbons (Fsp3) is 0. The Morgan fingerprint density at radius 1 is 1.11 bits per heavy atom. The summed E-state index contributed by atoms with van der Waals surface area (Å²) in [5.74, 6) is 0.